The summed E-state index contributed by atoms with van der Waals surface area (Å²) in [5, 5.41) is 0. The Kier molecular flexibility index (Phi) is 6.68. The highest BCUT2D eigenvalue weighted by molar-refractivity contribution is 6.10. The molecule has 1 aliphatic rings. The Bertz CT molecular complexity index is 1250. The van der Waals surface area contributed by atoms with E-state index in [0.29, 0.717) is 17.0 Å². The lowest BCUT2D eigenvalue weighted by Gasteiger charge is -2.17. The molecule has 0 aromatic heterocycles. The topological polar surface area (TPSA) is 65.1 Å². The number of rotatable bonds is 7. The molecule has 1 heterocycles. The van der Waals surface area contributed by atoms with Gasteiger partial charge in [-0.25, -0.2) is 0 Å². The van der Waals surface area contributed by atoms with Crippen molar-refractivity contribution in [1.82, 2.24) is 0 Å². The van der Waals surface area contributed by atoms with E-state index in [4.69, 9.17) is 9.47 Å². The SMILES string of the molecule is COC(=O)Cc1cc(C)cc(OCc2cccc3c2CN(c2ccc(OC(F)(F)F)cc2)C3=O)c1. The van der Waals surface area contributed by atoms with Gasteiger partial charge in [-0.3, -0.25) is 9.59 Å². The summed E-state index contributed by atoms with van der Waals surface area (Å²) in [5.41, 5.74) is 4.27. The van der Waals surface area contributed by atoms with Gasteiger partial charge in [-0.05, 0) is 71.6 Å². The third-order valence-electron chi connectivity index (χ3n) is 5.53. The van der Waals surface area contributed by atoms with Crippen molar-refractivity contribution in [1.29, 1.82) is 0 Å². The van der Waals surface area contributed by atoms with Gasteiger partial charge in [0, 0.05) is 11.3 Å². The smallest absolute Gasteiger partial charge is 0.489 e. The number of carbonyl (C=O) groups is 2. The normalized spacial score (nSPS) is 12.9. The molecular weight excluding hydrogens is 463 g/mol. The van der Waals surface area contributed by atoms with Gasteiger partial charge >= 0.3 is 12.3 Å². The molecule has 0 saturated carbocycles. The van der Waals surface area contributed by atoms with Gasteiger partial charge in [0.05, 0.1) is 20.1 Å². The molecule has 0 radical (unpaired) electrons. The van der Waals surface area contributed by atoms with Gasteiger partial charge in [0.25, 0.3) is 5.91 Å². The number of hydrogen-bond donors (Lipinski definition) is 0. The van der Waals surface area contributed by atoms with Crippen LogP contribution in [0, 0.1) is 6.92 Å². The summed E-state index contributed by atoms with van der Waals surface area (Å²) < 4.78 is 51.9. The van der Waals surface area contributed by atoms with Crippen LogP contribution in [0.2, 0.25) is 0 Å². The predicted octanol–water partition coefficient (Wildman–Crippen LogP) is 5.35. The largest absolute Gasteiger partial charge is 0.573 e. The van der Waals surface area contributed by atoms with Crippen LogP contribution in [0.3, 0.4) is 0 Å². The van der Waals surface area contributed by atoms with Crippen LogP contribution in [-0.2, 0) is 29.1 Å². The van der Waals surface area contributed by atoms with Crippen molar-refractivity contribution in [2.24, 2.45) is 0 Å². The van der Waals surface area contributed by atoms with Crippen molar-refractivity contribution in [3.05, 3.63) is 88.5 Å². The minimum atomic E-state index is -4.78. The number of halogens is 3. The molecule has 3 aromatic carbocycles. The van der Waals surface area contributed by atoms with Gasteiger partial charge in [0.2, 0.25) is 0 Å². The highest BCUT2D eigenvalue weighted by Crippen LogP contribution is 2.33. The van der Waals surface area contributed by atoms with Gasteiger partial charge < -0.3 is 19.1 Å². The van der Waals surface area contributed by atoms with Crippen LogP contribution in [0.1, 0.15) is 32.6 Å². The number of hydrogen-bond acceptors (Lipinski definition) is 5. The molecule has 4 rings (SSSR count). The summed E-state index contributed by atoms with van der Waals surface area (Å²) in [6.07, 6.45) is -4.65. The van der Waals surface area contributed by atoms with Crippen LogP contribution < -0.4 is 14.4 Å². The maximum Gasteiger partial charge on any atom is 0.573 e. The number of anilines is 1. The van der Waals surface area contributed by atoms with Crippen molar-refractivity contribution in [3.63, 3.8) is 0 Å². The first-order valence-electron chi connectivity index (χ1n) is 10.7. The molecule has 0 N–H and O–H groups in total. The number of carbonyl (C=O) groups excluding carboxylic acids is 2. The number of ether oxygens (including phenoxy) is 3. The molecule has 9 heteroatoms. The second-order valence-corrected chi connectivity index (χ2v) is 8.07. The minimum Gasteiger partial charge on any atom is -0.489 e. The van der Waals surface area contributed by atoms with E-state index < -0.39 is 6.36 Å². The zero-order valence-electron chi connectivity index (χ0n) is 19.0. The summed E-state index contributed by atoms with van der Waals surface area (Å²) in [6, 6.07) is 16.0. The molecule has 0 unspecified atom stereocenters. The van der Waals surface area contributed by atoms with E-state index in [9.17, 15) is 22.8 Å². The van der Waals surface area contributed by atoms with E-state index >= 15 is 0 Å². The first-order chi connectivity index (χ1) is 16.6. The first kappa shape index (κ1) is 24.1. The zero-order chi connectivity index (χ0) is 25.2. The van der Waals surface area contributed by atoms with Crippen molar-refractivity contribution in [3.8, 4) is 11.5 Å². The first-order valence-corrected chi connectivity index (χ1v) is 10.7. The summed E-state index contributed by atoms with van der Waals surface area (Å²) in [7, 11) is 1.33. The maximum absolute atomic E-state index is 13.0. The Hall–Kier alpha value is -4.01. The number of nitrogens with zero attached hydrogens (tertiary/aromatic N) is 1. The number of alkyl halides is 3. The lowest BCUT2D eigenvalue weighted by Crippen LogP contribution is -2.23. The summed E-state index contributed by atoms with van der Waals surface area (Å²) >= 11 is 0. The molecule has 182 valence electrons. The van der Waals surface area contributed by atoms with Gasteiger partial charge in [-0.2, -0.15) is 0 Å². The summed E-state index contributed by atoms with van der Waals surface area (Å²) in [4.78, 5) is 26.1. The molecule has 0 spiro atoms. The number of fused-ring (bicyclic) bond motifs is 1. The lowest BCUT2D eigenvalue weighted by molar-refractivity contribution is -0.274. The standard InChI is InChI=1S/C26H22F3NO5/c1-16-10-17(13-24(31)33-2)12-21(11-16)34-15-18-4-3-5-22-23(18)14-30(25(22)32)19-6-8-20(9-7-19)35-26(27,28)29/h3-12H,13-15H2,1-2H3. The number of aryl methyl sites for hydroxylation is 1. The van der Waals surface area contributed by atoms with Gasteiger partial charge in [0.15, 0.2) is 0 Å². The van der Waals surface area contributed by atoms with Gasteiger partial charge in [-0.1, -0.05) is 18.2 Å². The van der Waals surface area contributed by atoms with Crippen molar-refractivity contribution >= 4 is 17.6 Å². The highest BCUT2D eigenvalue weighted by Gasteiger charge is 2.32. The minimum absolute atomic E-state index is 0.130. The molecule has 0 atom stereocenters. The molecule has 0 aliphatic carbocycles. The van der Waals surface area contributed by atoms with Crippen LogP contribution in [0.4, 0.5) is 18.9 Å². The molecule has 1 aliphatic heterocycles. The second kappa shape index (κ2) is 9.69. The fourth-order valence-electron chi connectivity index (χ4n) is 3.98. The second-order valence-electron chi connectivity index (χ2n) is 8.07. The van der Waals surface area contributed by atoms with Crippen molar-refractivity contribution < 1.29 is 37.0 Å². The molecule has 3 aromatic rings. The third-order valence-corrected chi connectivity index (χ3v) is 5.53. The Morgan fingerprint density at radius 1 is 1.03 bits per heavy atom. The van der Waals surface area contributed by atoms with E-state index in [1.54, 1.807) is 18.2 Å². The molecular formula is C26H22F3NO5. The van der Waals surface area contributed by atoms with Crippen molar-refractivity contribution in [2.75, 3.05) is 12.0 Å². The van der Waals surface area contributed by atoms with Crippen LogP contribution >= 0.6 is 0 Å². The van der Waals surface area contributed by atoms with Crippen LogP contribution in [0.5, 0.6) is 11.5 Å². The van der Waals surface area contributed by atoms with Crippen LogP contribution in [0.15, 0.2) is 60.7 Å². The monoisotopic (exact) mass is 485 g/mol. The van der Waals surface area contributed by atoms with E-state index in [1.165, 1.54) is 36.3 Å². The fourth-order valence-corrected chi connectivity index (χ4v) is 3.98. The number of amides is 1. The molecule has 6 nitrogen and oxygen atoms in total. The fraction of sp³-hybridized carbons (Fsp3) is 0.231. The molecule has 35 heavy (non-hydrogen) atoms. The Balaban J connectivity index is 1.50. The third kappa shape index (κ3) is 5.74. The summed E-state index contributed by atoms with van der Waals surface area (Å²) in [6.45, 7) is 2.35. The average molecular weight is 485 g/mol. The Morgan fingerprint density at radius 2 is 1.77 bits per heavy atom. The molecule has 0 bridgehead atoms. The maximum atomic E-state index is 13.0. The van der Waals surface area contributed by atoms with Crippen LogP contribution in [-0.4, -0.2) is 25.3 Å². The van der Waals surface area contributed by atoms with E-state index in [2.05, 4.69) is 4.74 Å². The van der Waals surface area contributed by atoms with Gasteiger partial charge in [-0.15, -0.1) is 13.2 Å². The highest BCUT2D eigenvalue weighted by atomic mass is 19.4. The van der Waals surface area contributed by atoms with E-state index in [-0.39, 0.29) is 37.2 Å². The molecule has 0 fully saturated rings. The molecule has 0 saturated heterocycles. The van der Waals surface area contributed by atoms with Gasteiger partial charge in [0.1, 0.15) is 18.1 Å². The average Bonchev–Trinajstić information content (AvgIpc) is 3.14. The van der Waals surface area contributed by atoms with E-state index in [0.717, 1.165) is 22.3 Å². The quantitative estimate of drug-likeness (QED) is 0.422. The predicted molar refractivity (Wildman–Crippen MR) is 121 cm³/mol. The molecule has 1 amide bonds. The zero-order valence-corrected chi connectivity index (χ0v) is 19.0. The van der Waals surface area contributed by atoms with Crippen LogP contribution in [0.25, 0.3) is 0 Å². The Labute approximate surface area is 199 Å². The number of esters is 1. The van der Waals surface area contributed by atoms with E-state index in [1.807, 2.05) is 25.1 Å². The lowest BCUT2D eigenvalue weighted by atomic mass is 10.0. The summed E-state index contributed by atoms with van der Waals surface area (Å²) in [5.74, 6) is -0.367. The van der Waals surface area contributed by atoms with Crippen molar-refractivity contribution in [2.45, 2.75) is 32.9 Å². The number of benzene rings is 3. The number of methoxy groups -OCH3 is 1. The Morgan fingerprint density at radius 3 is 2.46 bits per heavy atom.